The molecular weight excluding hydrogens is 338 g/mol. The van der Waals surface area contributed by atoms with Crippen LogP contribution in [0, 0.1) is 0 Å². The molecule has 0 amide bonds. The third-order valence-electron chi connectivity index (χ3n) is 4.15. The number of hydrogen-bond donors (Lipinski definition) is 1. The van der Waals surface area contributed by atoms with Gasteiger partial charge in [0.2, 0.25) is 0 Å². The van der Waals surface area contributed by atoms with Gasteiger partial charge in [-0.15, -0.1) is 0 Å². The molecule has 0 aliphatic carbocycles. The van der Waals surface area contributed by atoms with Crippen molar-refractivity contribution in [2.75, 3.05) is 12.4 Å². The molecule has 124 valence electrons. The van der Waals surface area contributed by atoms with Crippen molar-refractivity contribution >= 4 is 45.4 Å². The maximum absolute atomic E-state index is 12.7. The summed E-state index contributed by atoms with van der Waals surface area (Å²) in [6, 6.07) is 11.0. The Balaban J connectivity index is 2.21. The van der Waals surface area contributed by atoms with Crippen LogP contribution in [0.5, 0.6) is 0 Å². The standard InChI is InChI=1S/C19H14ClN3O2/c1-3-11-5-4-6-12(9-11)23-15-10-14(20)13-7-8-25-17(13)16(15)18(21-2)22-19(23)24/h3-10H,1H2,2H3,(H,21,22,24). The van der Waals surface area contributed by atoms with E-state index in [1.165, 1.54) is 4.57 Å². The number of hydrogen-bond acceptors (Lipinski definition) is 4. The van der Waals surface area contributed by atoms with Gasteiger partial charge in [-0.3, -0.25) is 4.57 Å². The smallest absolute Gasteiger partial charge is 0.354 e. The number of rotatable bonds is 3. The Hall–Kier alpha value is -3.05. The van der Waals surface area contributed by atoms with Gasteiger partial charge in [-0.05, 0) is 29.8 Å². The van der Waals surface area contributed by atoms with E-state index in [0.717, 1.165) is 10.9 Å². The summed E-state index contributed by atoms with van der Waals surface area (Å²) in [5.74, 6) is 0.452. The summed E-state index contributed by atoms with van der Waals surface area (Å²) >= 11 is 6.41. The Morgan fingerprint density at radius 1 is 1.32 bits per heavy atom. The molecule has 0 spiro atoms. The first kappa shape index (κ1) is 15.5. The van der Waals surface area contributed by atoms with Crippen LogP contribution in [0.4, 0.5) is 5.82 Å². The number of anilines is 1. The molecule has 0 fully saturated rings. The lowest BCUT2D eigenvalue weighted by molar-refractivity contribution is 0.619. The fraction of sp³-hybridized carbons (Fsp3) is 0.0526. The van der Waals surface area contributed by atoms with Crippen LogP contribution in [0.25, 0.3) is 33.6 Å². The lowest BCUT2D eigenvalue weighted by atomic mass is 10.1. The minimum atomic E-state index is -0.403. The highest BCUT2D eigenvalue weighted by Crippen LogP contribution is 2.35. The number of benzene rings is 2. The van der Waals surface area contributed by atoms with E-state index in [-0.39, 0.29) is 0 Å². The van der Waals surface area contributed by atoms with E-state index in [2.05, 4.69) is 16.9 Å². The summed E-state index contributed by atoms with van der Waals surface area (Å²) in [6.45, 7) is 3.78. The second-order valence-corrected chi connectivity index (χ2v) is 5.95. The molecule has 4 aromatic rings. The topological polar surface area (TPSA) is 60.1 Å². The van der Waals surface area contributed by atoms with Crippen LogP contribution >= 0.6 is 11.6 Å². The summed E-state index contributed by atoms with van der Waals surface area (Å²) < 4.78 is 7.16. The van der Waals surface area contributed by atoms with Gasteiger partial charge in [0.15, 0.2) is 0 Å². The molecule has 0 radical (unpaired) electrons. The molecule has 0 saturated heterocycles. The Bertz CT molecular complexity index is 1190. The van der Waals surface area contributed by atoms with Gasteiger partial charge in [-0.1, -0.05) is 36.4 Å². The summed E-state index contributed by atoms with van der Waals surface area (Å²) in [5.41, 5.74) is 2.40. The van der Waals surface area contributed by atoms with E-state index in [1.807, 2.05) is 24.3 Å². The van der Waals surface area contributed by atoms with Gasteiger partial charge in [0.1, 0.15) is 11.4 Å². The van der Waals surface area contributed by atoms with Crippen molar-refractivity contribution in [2.24, 2.45) is 0 Å². The highest BCUT2D eigenvalue weighted by atomic mass is 35.5. The van der Waals surface area contributed by atoms with Crippen molar-refractivity contribution in [2.45, 2.75) is 0 Å². The van der Waals surface area contributed by atoms with Crippen molar-refractivity contribution < 1.29 is 4.42 Å². The van der Waals surface area contributed by atoms with Gasteiger partial charge in [0, 0.05) is 12.4 Å². The average molecular weight is 352 g/mol. The predicted octanol–water partition coefficient (Wildman–Crippen LogP) is 4.47. The van der Waals surface area contributed by atoms with Crippen LogP contribution in [-0.4, -0.2) is 16.6 Å². The molecule has 4 rings (SSSR count). The van der Waals surface area contributed by atoms with Gasteiger partial charge in [-0.25, -0.2) is 4.79 Å². The summed E-state index contributed by atoms with van der Waals surface area (Å²) in [4.78, 5) is 16.9. The minimum Gasteiger partial charge on any atom is -0.463 e. The SMILES string of the molecule is C=Cc1cccc(-n2c(=O)nc(NC)c3c4occc4c(Cl)cc32)c1. The molecular formula is C19H14ClN3O2. The second-order valence-electron chi connectivity index (χ2n) is 5.54. The highest BCUT2D eigenvalue weighted by molar-refractivity contribution is 6.37. The normalized spacial score (nSPS) is 11.1. The first-order valence-electron chi connectivity index (χ1n) is 7.67. The van der Waals surface area contributed by atoms with E-state index >= 15 is 0 Å². The molecule has 0 unspecified atom stereocenters. The summed E-state index contributed by atoms with van der Waals surface area (Å²) in [7, 11) is 1.72. The fourth-order valence-corrected chi connectivity index (χ4v) is 3.26. The molecule has 5 nitrogen and oxygen atoms in total. The molecule has 25 heavy (non-hydrogen) atoms. The zero-order valence-electron chi connectivity index (χ0n) is 13.4. The van der Waals surface area contributed by atoms with E-state index in [4.69, 9.17) is 16.0 Å². The Morgan fingerprint density at radius 2 is 2.16 bits per heavy atom. The van der Waals surface area contributed by atoms with E-state index in [0.29, 0.717) is 33.0 Å². The Labute approximate surface area is 148 Å². The second kappa shape index (κ2) is 5.79. The molecule has 2 heterocycles. The lowest BCUT2D eigenvalue weighted by Crippen LogP contribution is -2.23. The van der Waals surface area contributed by atoms with Crippen molar-refractivity contribution in [1.82, 2.24) is 9.55 Å². The van der Waals surface area contributed by atoms with E-state index in [1.54, 1.807) is 31.5 Å². The van der Waals surface area contributed by atoms with E-state index in [9.17, 15) is 4.79 Å². The van der Waals surface area contributed by atoms with Crippen molar-refractivity contribution in [3.63, 3.8) is 0 Å². The molecule has 0 saturated carbocycles. The quantitative estimate of drug-likeness (QED) is 0.591. The van der Waals surface area contributed by atoms with E-state index < -0.39 is 5.69 Å². The van der Waals surface area contributed by atoms with Crippen molar-refractivity contribution in [1.29, 1.82) is 0 Å². The molecule has 0 bridgehead atoms. The highest BCUT2D eigenvalue weighted by Gasteiger charge is 2.18. The summed E-state index contributed by atoms with van der Waals surface area (Å²) in [5, 5.41) is 4.96. The number of furan rings is 1. The molecule has 1 N–H and O–H groups in total. The largest absolute Gasteiger partial charge is 0.463 e. The monoisotopic (exact) mass is 351 g/mol. The number of nitrogens with zero attached hydrogens (tertiary/aromatic N) is 2. The molecule has 0 aliphatic heterocycles. The van der Waals surface area contributed by atoms with Gasteiger partial charge in [0.05, 0.1) is 27.9 Å². The molecule has 2 aromatic heterocycles. The zero-order valence-corrected chi connectivity index (χ0v) is 14.2. The van der Waals surface area contributed by atoms with Crippen LogP contribution in [0.1, 0.15) is 5.56 Å². The van der Waals surface area contributed by atoms with Crippen molar-refractivity contribution in [3.8, 4) is 5.69 Å². The van der Waals surface area contributed by atoms with Crippen LogP contribution in [0.15, 0.2) is 58.5 Å². The zero-order chi connectivity index (χ0) is 17.6. The Kier molecular flexibility index (Phi) is 3.58. The number of halogens is 1. The number of nitrogens with one attached hydrogen (secondary N) is 1. The maximum atomic E-state index is 12.7. The number of aromatic nitrogens is 2. The predicted molar refractivity (Wildman–Crippen MR) is 102 cm³/mol. The fourth-order valence-electron chi connectivity index (χ4n) is 3.01. The summed E-state index contributed by atoms with van der Waals surface area (Å²) in [6.07, 6.45) is 3.30. The third-order valence-corrected chi connectivity index (χ3v) is 4.46. The number of fused-ring (bicyclic) bond motifs is 3. The van der Waals surface area contributed by atoms with Crippen LogP contribution < -0.4 is 11.0 Å². The van der Waals surface area contributed by atoms with Crippen molar-refractivity contribution in [3.05, 3.63) is 70.3 Å². The third kappa shape index (κ3) is 2.32. The molecule has 6 heteroatoms. The van der Waals surface area contributed by atoms with Crippen LogP contribution in [0.3, 0.4) is 0 Å². The first-order valence-corrected chi connectivity index (χ1v) is 8.05. The molecule has 0 atom stereocenters. The van der Waals surface area contributed by atoms with Crippen LogP contribution in [-0.2, 0) is 0 Å². The maximum Gasteiger partial charge on any atom is 0.354 e. The molecule has 2 aromatic carbocycles. The van der Waals surface area contributed by atoms with Crippen LogP contribution in [0.2, 0.25) is 5.02 Å². The minimum absolute atomic E-state index is 0.403. The van der Waals surface area contributed by atoms with Gasteiger partial charge in [0.25, 0.3) is 0 Å². The molecule has 0 aliphatic rings. The average Bonchev–Trinajstić information content (AvgIpc) is 3.11. The Morgan fingerprint density at radius 3 is 2.92 bits per heavy atom. The van der Waals surface area contributed by atoms with Gasteiger partial charge < -0.3 is 9.73 Å². The lowest BCUT2D eigenvalue weighted by Gasteiger charge is -2.14. The van der Waals surface area contributed by atoms with Gasteiger partial charge in [-0.2, -0.15) is 4.98 Å². The first-order chi connectivity index (χ1) is 12.1. The van der Waals surface area contributed by atoms with Gasteiger partial charge >= 0.3 is 5.69 Å².